The van der Waals surface area contributed by atoms with Crippen molar-refractivity contribution < 1.29 is 64.6 Å². The molecule has 14 heteroatoms. The summed E-state index contributed by atoms with van der Waals surface area (Å²) in [6.45, 7) is 2.65. The minimum Gasteiger partial charge on any atom is -0.394 e. The van der Waals surface area contributed by atoms with Crippen LogP contribution in [0.5, 0.6) is 0 Å². The van der Waals surface area contributed by atoms with E-state index >= 15 is 0 Å². The van der Waals surface area contributed by atoms with Crippen LogP contribution in [0.2, 0.25) is 0 Å². The number of hydrogen-bond donors (Lipinski definition) is 9. The number of aliphatic hydroxyl groups is 8. The van der Waals surface area contributed by atoms with E-state index in [1.165, 1.54) is 89.9 Å². The molecule has 0 aromatic carbocycles. The molecule has 79 heavy (non-hydrogen) atoms. The summed E-state index contributed by atoms with van der Waals surface area (Å²) < 4.78 is 22.8. The number of carbonyl (C=O) groups excluding carboxylic acids is 1. The van der Waals surface area contributed by atoms with E-state index in [4.69, 9.17) is 18.9 Å². The Morgan fingerprint density at radius 2 is 0.886 bits per heavy atom. The summed E-state index contributed by atoms with van der Waals surface area (Å²) >= 11 is 0. The maximum Gasteiger partial charge on any atom is 0.220 e. The van der Waals surface area contributed by atoms with Gasteiger partial charge in [-0.05, 0) is 83.5 Å². The first-order chi connectivity index (χ1) is 38.6. The number of ether oxygens (including phenoxy) is 4. The normalized spacial score (nSPS) is 25.1. The lowest BCUT2D eigenvalue weighted by molar-refractivity contribution is -0.359. The van der Waals surface area contributed by atoms with Gasteiger partial charge in [0.1, 0.15) is 48.8 Å². The zero-order chi connectivity index (χ0) is 57.4. The predicted molar refractivity (Wildman–Crippen MR) is 318 cm³/mol. The highest BCUT2D eigenvalue weighted by Crippen LogP contribution is 2.30. The Balaban J connectivity index is 1.78. The fourth-order valence-corrected chi connectivity index (χ4v) is 9.55. The molecule has 0 aliphatic carbocycles. The summed E-state index contributed by atoms with van der Waals surface area (Å²) in [7, 11) is 0. The summed E-state index contributed by atoms with van der Waals surface area (Å²) in [5, 5.41) is 87.2. The number of carbonyl (C=O) groups is 1. The van der Waals surface area contributed by atoms with Gasteiger partial charge in [-0.2, -0.15) is 0 Å². The molecule has 0 saturated carbocycles. The van der Waals surface area contributed by atoms with E-state index in [0.717, 1.165) is 89.9 Å². The van der Waals surface area contributed by atoms with E-state index in [9.17, 15) is 45.6 Å². The lowest BCUT2D eigenvalue weighted by atomic mass is 9.97. The van der Waals surface area contributed by atoms with Gasteiger partial charge >= 0.3 is 0 Å². The van der Waals surface area contributed by atoms with E-state index < -0.39 is 86.8 Å². The molecule has 14 nitrogen and oxygen atoms in total. The Morgan fingerprint density at radius 3 is 1.39 bits per heavy atom. The summed E-state index contributed by atoms with van der Waals surface area (Å²) in [5.74, 6) is -0.267. The first kappa shape index (κ1) is 72.0. The third-order valence-electron chi connectivity index (χ3n) is 14.5. The smallest absolute Gasteiger partial charge is 0.220 e. The Bertz CT molecular complexity index is 1690. The van der Waals surface area contributed by atoms with E-state index in [2.05, 4.69) is 104 Å². The fourth-order valence-electron chi connectivity index (χ4n) is 9.55. The minimum absolute atomic E-state index is 0.250. The average Bonchev–Trinajstić information content (AvgIpc) is 3.47. The summed E-state index contributed by atoms with van der Waals surface area (Å²) in [6.07, 6.45) is 51.5. The number of aliphatic hydroxyl groups excluding tert-OH is 8. The van der Waals surface area contributed by atoms with Gasteiger partial charge in [0.15, 0.2) is 12.6 Å². The molecule has 2 aliphatic rings. The standard InChI is InChI=1S/C65H111NO13/c1-3-5-7-9-11-13-15-17-19-21-23-25-26-27-28-29-31-33-35-37-39-41-43-45-47-49-57(70)66-53(54(69)48-46-44-42-40-38-36-34-32-30-24-22-20-18-16-14-12-10-8-6-4-2)52-76-64-62(75)60(73)63(56(51-68)78-64)79-65-61(74)59(72)58(71)55(50-67)77-65/h5,7,11,13,17,19,23,25,27-28,31,33,38,40,46,48,53-56,58-65,67-69,71-75H,3-4,6,8-10,12,14-16,18,20-22,24,26,29-30,32,34-37,39,41-45,47,49-52H2,1-2H3,(H,66,70)/b7-5-,13-11-,19-17-,25-23-,28-27-,33-31-,40-38+,48-46+. The lowest BCUT2D eigenvalue weighted by Gasteiger charge is -2.46. The molecule has 9 N–H and O–H groups in total. The van der Waals surface area contributed by atoms with Crippen molar-refractivity contribution in [2.24, 2.45) is 0 Å². The molecular weight excluding hydrogens is 1000 g/mol. The number of amides is 1. The molecular formula is C65H111NO13. The highest BCUT2D eigenvalue weighted by molar-refractivity contribution is 5.76. The summed E-state index contributed by atoms with van der Waals surface area (Å²) in [5.41, 5.74) is 0. The van der Waals surface area contributed by atoms with Crippen molar-refractivity contribution in [3.05, 3.63) is 97.2 Å². The Kier molecular flexibility index (Phi) is 45.1. The van der Waals surface area contributed by atoms with Crippen molar-refractivity contribution in [3.8, 4) is 0 Å². The highest BCUT2D eigenvalue weighted by Gasteiger charge is 2.51. The minimum atomic E-state index is -1.80. The molecule has 454 valence electrons. The van der Waals surface area contributed by atoms with E-state index in [1.54, 1.807) is 6.08 Å². The summed E-state index contributed by atoms with van der Waals surface area (Å²) in [4.78, 5) is 13.3. The summed E-state index contributed by atoms with van der Waals surface area (Å²) in [6, 6.07) is -0.947. The Labute approximate surface area is 477 Å². The van der Waals surface area contributed by atoms with Gasteiger partial charge in [0.25, 0.3) is 0 Å². The molecule has 0 spiro atoms. The molecule has 12 unspecified atom stereocenters. The number of allylic oxidation sites excluding steroid dienone is 15. The van der Waals surface area contributed by atoms with Crippen LogP contribution in [0.15, 0.2) is 97.2 Å². The maximum atomic E-state index is 13.3. The van der Waals surface area contributed by atoms with Gasteiger partial charge in [0.05, 0.1) is 32.0 Å². The molecule has 2 heterocycles. The van der Waals surface area contributed by atoms with Crippen LogP contribution in [0, 0.1) is 0 Å². The molecule has 0 aromatic rings. The maximum absolute atomic E-state index is 13.3. The van der Waals surface area contributed by atoms with E-state index in [1.807, 2.05) is 6.08 Å². The molecule has 0 bridgehead atoms. The second-order valence-corrected chi connectivity index (χ2v) is 21.4. The van der Waals surface area contributed by atoms with Crippen LogP contribution < -0.4 is 5.32 Å². The Morgan fingerprint density at radius 1 is 0.468 bits per heavy atom. The van der Waals surface area contributed by atoms with Crippen LogP contribution in [0.4, 0.5) is 0 Å². The molecule has 12 atom stereocenters. The molecule has 2 saturated heterocycles. The van der Waals surface area contributed by atoms with Gasteiger partial charge in [0.2, 0.25) is 5.91 Å². The predicted octanol–water partition coefficient (Wildman–Crippen LogP) is 11.1. The third-order valence-corrected chi connectivity index (χ3v) is 14.5. The lowest BCUT2D eigenvalue weighted by Crippen LogP contribution is -2.65. The van der Waals surface area contributed by atoms with Crippen molar-refractivity contribution in [1.82, 2.24) is 5.32 Å². The van der Waals surface area contributed by atoms with E-state index in [0.29, 0.717) is 12.8 Å². The quantitative estimate of drug-likeness (QED) is 0.0204. The van der Waals surface area contributed by atoms with Gasteiger partial charge < -0.3 is 65.1 Å². The monoisotopic (exact) mass is 1110 g/mol. The molecule has 2 fully saturated rings. The fraction of sp³-hybridized carbons (Fsp3) is 0.738. The van der Waals surface area contributed by atoms with Gasteiger partial charge in [-0.25, -0.2) is 0 Å². The van der Waals surface area contributed by atoms with E-state index in [-0.39, 0.29) is 18.9 Å². The molecule has 2 aliphatic heterocycles. The van der Waals surface area contributed by atoms with Crippen molar-refractivity contribution in [1.29, 1.82) is 0 Å². The number of rotatable bonds is 48. The zero-order valence-corrected chi connectivity index (χ0v) is 48.8. The van der Waals surface area contributed by atoms with Gasteiger partial charge in [-0.1, -0.05) is 220 Å². The van der Waals surface area contributed by atoms with Gasteiger partial charge in [-0.3, -0.25) is 4.79 Å². The first-order valence-corrected chi connectivity index (χ1v) is 31.0. The van der Waals surface area contributed by atoms with Crippen molar-refractivity contribution in [2.45, 2.75) is 286 Å². The van der Waals surface area contributed by atoms with Crippen molar-refractivity contribution in [2.75, 3.05) is 19.8 Å². The van der Waals surface area contributed by atoms with Crippen LogP contribution in [-0.4, -0.2) is 140 Å². The van der Waals surface area contributed by atoms with Crippen LogP contribution in [0.3, 0.4) is 0 Å². The van der Waals surface area contributed by atoms with Crippen LogP contribution in [-0.2, 0) is 23.7 Å². The molecule has 1 amide bonds. The zero-order valence-electron chi connectivity index (χ0n) is 48.8. The highest BCUT2D eigenvalue weighted by atomic mass is 16.7. The van der Waals surface area contributed by atoms with Crippen molar-refractivity contribution in [3.63, 3.8) is 0 Å². The van der Waals surface area contributed by atoms with Crippen LogP contribution >= 0.6 is 0 Å². The molecule has 2 rings (SSSR count). The average molecular weight is 1110 g/mol. The second kappa shape index (κ2) is 49.5. The van der Waals surface area contributed by atoms with Crippen LogP contribution in [0.1, 0.15) is 213 Å². The van der Waals surface area contributed by atoms with Crippen LogP contribution in [0.25, 0.3) is 0 Å². The number of hydrogen-bond acceptors (Lipinski definition) is 13. The van der Waals surface area contributed by atoms with Crippen molar-refractivity contribution >= 4 is 5.91 Å². The SMILES string of the molecule is CC/C=C\C/C=C\C/C=C\C/C=C\C/C=C\C/C=C\CCCCCCCCC(=O)NC(COC1OC(CO)C(OC2OC(CO)C(O)C(O)C2O)C(O)C1O)C(O)/C=C/CC/C=C/CCCCCCCCCCCCCCCC. The van der Waals surface area contributed by atoms with Gasteiger partial charge in [0, 0.05) is 6.42 Å². The first-order valence-electron chi connectivity index (χ1n) is 31.0. The second-order valence-electron chi connectivity index (χ2n) is 21.4. The third kappa shape index (κ3) is 34.8. The topological polar surface area (TPSA) is 228 Å². The Hall–Kier alpha value is -3.09. The number of unbranched alkanes of at least 4 members (excludes halogenated alkanes) is 21. The van der Waals surface area contributed by atoms with Gasteiger partial charge in [-0.15, -0.1) is 0 Å². The molecule has 0 aromatic heterocycles. The largest absolute Gasteiger partial charge is 0.394 e. The number of nitrogens with one attached hydrogen (secondary N) is 1. The molecule has 0 radical (unpaired) electrons.